The molecule has 138 valence electrons. The molecule has 2 atom stereocenters. The van der Waals surface area contributed by atoms with Crippen LogP contribution in [0.3, 0.4) is 0 Å². The van der Waals surface area contributed by atoms with Gasteiger partial charge in [-0.3, -0.25) is 5.01 Å². The first kappa shape index (κ1) is 16.7. The van der Waals surface area contributed by atoms with E-state index >= 15 is 0 Å². The quantitative estimate of drug-likeness (QED) is 0.727. The molecule has 0 radical (unpaired) electrons. The number of ether oxygens (including phenoxy) is 3. The Morgan fingerprint density at radius 3 is 2.92 bits per heavy atom. The van der Waals surface area contributed by atoms with Crippen LogP contribution in [0, 0.1) is 0 Å². The number of hydrogen-bond acceptors (Lipinski definition) is 7. The second-order valence-corrected chi connectivity index (χ2v) is 7.78. The Labute approximate surface area is 147 Å². The van der Waals surface area contributed by atoms with Crippen LogP contribution in [0.2, 0.25) is 0 Å². The Hall–Kier alpha value is -1.77. The van der Waals surface area contributed by atoms with E-state index in [1.54, 1.807) is 4.90 Å². The van der Waals surface area contributed by atoms with Gasteiger partial charge in [-0.1, -0.05) is 6.08 Å². The predicted octanol–water partition coefficient (Wildman–Crippen LogP) is 0.888. The molecule has 4 aliphatic rings. The molecule has 25 heavy (non-hydrogen) atoms. The summed E-state index contributed by atoms with van der Waals surface area (Å²) in [4.78, 5) is 14.1. The first-order valence-corrected chi connectivity index (χ1v) is 8.83. The average Bonchev–Trinajstić information content (AvgIpc) is 3.17. The standard InChI is InChI=1S/C17H26N4O4/c1-17(2,3)25-16(22)20-8-12-14(9-20)24-10-13-15(18-19-21(12)13)11-4-6-23-7-5-11/h4,12,14,18-19H,5-10H2,1-3H3/t12-,14-/m1/s1. The lowest BCUT2D eigenvalue weighted by molar-refractivity contribution is -0.0324. The van der Waals surface area contributed by atoms with Crippen LogP contribution in [0.25, 0.3) is 0 Å². The zero-order valence-corrected chi connectivity index (χ0v) is 15.0. The fraction of sp³-hybridized carbons (Fsp3) is 0.706. The number of allylic oxidation sites excluding steroid dienone is 1. The lowest BCUT2D eigenvalue weighted by atomic mass is 10.0. The van der Waals surface area contributed by atoms with Crippen LogP contribution in [0.4, 0.5) is 4.79 Å². The van der Waals surface area contributed by atoms with E-state index in [4.69, 9.17) is 14.2 Å². The molecule has 2 fully saturated rings. The summed E-state index contributed by atoms with van der Waals surface area (Å²) in [5.41, 5.74) is 9.47. The maximum atomic E-state index is 12.4. The third-order valence-electron chi connectivity index (χ3n) is 4.82. The Morgan fingerprint density at radius 1 is 1.36 bits per heavy atom. The minimum atomic E-state index is -0.493. The maximum absolute atomic E-state index is 12.4. The Bertz CT molecular complexity index is 625. The summed E-state index contributed by atoms with van der Waals surface area (Å²) < 4.78 is 17.0. The van der Waals surface area contributed by atoms with Gasteiger partial charge in [0.05, 0.1) is 49.9 Å². The summed E-state index contributed by atoms with van der Waals surface area (Å²) >= 11 is 0. The van der Waals surface area contributed by atoms with Crippen LogP contribution in [-0.4, -0.2) is 66.7 Å². The zero-order chi connectivity index (χ0) is 17.6. The Morgan fingerprint density at radius 2 is 2.20 bits per heavy atom. The van der Waals surface area contributed by atoms with Crippen LogP contribution in [0.1, 0.15) is 27.2 Å². The normalized spacial score (nSPS) is 29.2. The number of rotatable bonds is 1. The molecule has 4 heterocycles. The van der Waals surface area contributed by atoms with Gasteiger partial charge in [-0.2, -0.15) is 0 Å². The molecule has 0 spiro atoms. The van der Waals surface area contributed by atoms with E-state index in [9.17, 15) is 4.79 Å². The van der Waals surface area contributed by atoms with E-state index in [0.29, 0.717) is 26.3 Å². The van der Waals surface area contributed by atoms with Crippen LogP contribution in [0.5, 0.6) is 0 Å². The number of fused-ring (bicyclic) bond motifs is 3. The van der Waals surface area contributed by atoms with Gasteiger partial charge in [0.15, 0.2) is 0 Å². The SMILES string of the molecule is CC(C)(C)OC(=O)N1C[C@@H]2[C@@H](C1)OCC1=C(C3=CCOCC3)NNN12. The fourth-order valence-corrected chi connectivity index (χ4v) is 3.65. The molecule has 2 saturated heterocycles. The maximum Gasteiger partial charge on any atom is 0.410 e. The smallest absolute Gasteiger partial charge is 0.410 e. The summed E-state index contributed by atoms with van der Waals surface area (Å²) in [6.45, 7) is 8.68. The number of likely N-dealkylation sites (tertiary alicyclic amines) is 1. The van der Waals surface area contributed by atoms with E-state index in [-0.39, 0.29) is 18.2 Å². The molecule has 0 aromatic rings. The summed E-state index contributed by atoms with van der Waals surface area (Å²) in [5, 5.41) is 2.12. The molecule has 1 amide bonds. The van der Waals surface area contributed by atoms with Crippen molar-refractivity contribution >= 4 is 6.09 Å². The molecule has 0 aromatic heterocycles. The number of nitrogens with one attached hydrogen (secondary N) is 2. The molecule has 0 saturated carbocycles. The number of carbonyl (C=O) groups excluding carboxylic acids is 1. The molecule has 2 N–H and O–H groups in total. The fourth-order valence-electron chi connectivity index (χ4n) is 3.65. The van der Waals surface area contributed by atoms with Crippen LogP contribution in [0.15, 0.2) is 23.0 Å². The average molecular weight is 350 g/mol. The predicted molar refractivity (Wildman–Crippen MR) is 90.0 cm³/mol. The van der Waals surface area contributed by atoms with E-state index in [1.165, 1.54) is 5.57 Å². The molecule has 8 heteroatoms. The summed E-state index contributed by atoms with van der Waals surface area (Å²) in [6.07, 6.45) is 2.70. The monoisotopic (exact) mass is 350 g/mol. The summed E-state index contributed by atoms with van der Waals surface area (Å²) in [5.74, 6) is 0. The van der Waals surface area contributed by atoms with Crippen molar-refractivity contribution in [1.29, 1.82) is 0 Å². The second kappa shape index (κ2) is 6.19. The van der Waals surface area contributed by atoms with Gasteiger partial charge < -0.3 is 24.5 Å². The number of nitrogens with zero attached hydrogens (tertiary/aromatic N) is 2. The number of morpholine rings is 1. The van der Waals surface area contributed by atoms with Gasteiger partial charge >= 0.3 is 6.09 Å². The second-order valence-electron chi connectivity index (χ2n) is 7.78. The van der Waals surface area contributed by atoms with Crippen molar-refractivity contribution in [2.24, 2.45) is 0 Å². The Balaban J connectivity index is 1.49. The molecule has 4 aliphatic heterocycles. The number of carbonyl (C=O) groups is 1. The van der Waals surface area contributed by atoms with Gasteiger partial charge in [0, 0.05) is 6.54 Å². The highest BCUT2D eigenvalue weighted by atomic mass is 16.6. The van der Waals surface area contributed by atoms with Crippen LogP contribution in [-0.2, 0) is 14.2 Å². The number of amides is 1. The minimum absolute atomic E-state index is 0.0198. The van der Waals surface area contributed by atoms with Crippen molar-refractivity contribution in [3.05, 3.63) is 23.0 Å². The largest absolute Gasteiger partial charge is 0.444 e. The van der Waals surface area contributed by atoms with Crippen molar-refractivity contribution < 1.29 is 19.0 Å². The molecular formula is C17H26N4O4. The molecule has 0 aliphatic carbocycles. The van der Waals surface area contributed by atoms with Crippen molar-refractivity contribution in [3.63, 3.8) is 0 Å². The van der Waals surface area contributed by atoms with E-state index in [2.05, 4.69) is 22.0 Å². The summed E-state index contributed by atoms with van der Waals surface area (Å²) in [7, 11) is 0. The van der Waals surface area contributed by atoms with E-state index in [1.807, 2.05) is 20.8 Å². The van der Waals surface area contributed by atoms with Crippen molar-refractivity contribution in [3.8, 4) is 0 Å². The van der Waals surface area contributed by atoms with E-state index in [0.717, 1.165) is 24.4 Å². The van der Waals surface area contributed by atoms with Gasteiger partial charge in [-0.25, -0.2) is 4.79 Å². The lowest BCUT2D eigenvalue weighted by Gasteiger charge is -2.35. The molecule has 4 rings (SSSR count). The number of hydrazine groups is 2. The van der Waals surface area contributed by atoms with Gasteiger partial charge in [0.2, 0.25) is 0 Å². The first-order chi connectivity index (χ1) is 11.9. The molecule has 8 nitrogen and oxygen atoms in total. The molecular weight excluding hydrogens is 324 g/mol. The minimum Gasteiger partial charge on any atom is -0.444 e. The Kier molecular flexibility index (Phi) is 4.13. The first-order valence-electron chi connectivity index (χ1n) is 8.83. The van der Waals surface area contributed by atoms with Gasteiger partial charge in [0.1, 0.15) is 5.60 Å². The molecule has 0 unspecified atom stereocenters. The van der Waals surface area contributed by atoms with Crippen LogP contribution < -0.4 is 11.0 Å². The number of hydrogen-bond donors (Lipinski definition) is 2. The highest BCUT2D eigenvalue weighted by Crippen LogP contribution is 2.33. The zero-order valence-electron chi connectivity index (χ0n) is 15.0. The van der Waals surface area contributed by atoms with Gasteiger partial charge in [-0.15, -0.1) is 5.53 Å². The van der Waals surface area contributed by atoms with Crippen molar-refractivity contribution in [2.45, 2.75) is 44.9 Å². The van der Waals surface area contributed by atoms with E-state index < -0.39 is 5.60 Å². The molecule has 0 aromatic carbocycles. The third-order valence-corrected chi connectivity index (χ3v) is 4.82. The van der Waals surface area contributed by atoms with Crippen molar-refractivity contribution in [2.75, 3.05) is 32.9 Å². The lowest BCUT2D eigenvalue weighted by Crippen LogP contribution is -2.54. The highest BCUT2D eigenvalue weighted by molar-refractivity contribution is 5.68. The van der Waals surface area contributed by atoms with Gasteiger partial charge in [0.25, 0.3) is 0 Å². The van der Waals surface area contributed by atoms with Crippen molar-refractivity contribution in [1.82, 2.24) is 20.9 Å². The van der Waals surface area contributed by atoms with Gasteiger partial charge in [-0.05, 0) is 32.8 Å². The third kappa shape index (κ3) is 3.21. The molecule has 0 bridgehead atoms. The summed E-state index contributed by atoms with van der Waals surface area (Å²) in [6, 6.07) is 0.0710. The van der Waals surface area contributed by atoms with Crippen LogP contribution >= 0.6 is 0 Å². The highest BCUT2D eigenvalue weighted by Gasteiger charge is 2.47. The topological polar surface area (TPSA) is 75.3 Å².